The van der Waals surface area contributed by atoms with Gasteiger partial charge >= 0.3 is 0 Å². The summed E-state index contributed by atoms with van der Waals surface area (Å²) in [4.78, 5) is 0. The summed E-state index contributed by atoms with van der Waals surface area (Å²) in [6, 6.07) is 6.71. The topological polar surface area (TPSA) is 29.9 Å². The number of rotatable bonds is 6. The van der Waals surface area contributed by atoms with Gasteiger partial charge in [-0.05, 0) is 43.5 Å². The quantitative estimate of drug-likeness (QED) is 0.868. The highest BCUT2D eigenvalue weighted by Gasteiger charge is 2.10. The van der Waals surface area contributed by atoms with Crippen LogP contribution >= 0.6 is 0 Å². The van der Waals surface area contributed by atoms with Gasteiger partial charge in [-0.2, -0.15) is 5.10 Å². The molecule has 0 atom stereocenters. The van der Waals surface area contributed by atoms with E-state index < -0.39 is 0 Å². The number of nitrogens with zero attached hydrogens (tertiary/aromatic N) is 2. The summed E-state index contributed by atoms with van der Waals surface area (Å²) in [7, 11) is 0. The van der Waals surface area contributed by atoms with Gasteiger partial charge in [-0.25, -0.2) is 0 Å². The summed E-state index contributed by atoms with van der Waals surface area (Å²) in [5.41, 5.74) is 6.32. The van der Waals surface area contributed by atoms with Gasteiger partial charge in [0, 0.05) is 24.8 Å². The highest BCUT2D eigenvalue weighted by molar-refractivity contribution is 5.69. The predicted octanol–water partition coefficient (Wildman–Crippen LogP) is 3.69. The molecule has 0 fully saturated rings. The fourth-order valence-corrected chi connectivity index (χ4v) is 2.53. The molecule has 0 aliphatic rings. The van der Waals surface area contributed by atoms with Crippen LogP contribution in [0.5, 0.6) is 0 Å². The minimum atomic E-state index is 0.936. The minimum Gasteiger partial charge on any atom is -0.313 e. The first-order chi connectivity index (χ1) is 9.65. The third-order valence-corrected chi connectivity index (χ3v) is 3.56. The van der Waals surface area contributed by atoms with E-state index >= 15 is 0 Å². The van der Waals surface area contributed by atoms with E-state index in [1.54, 1.807) is 0 Å². The van der Waals surface area contributed by atoms with Crippen LogP contribution in [0.1, 0.15) is 37.1 Å². The number of benzene rings is 1. The lowest BCUT2D eigenvalue weighted by molar-refractivity contribution is 0.598. The van der Waals surface area contributed by atoms with Crippen molar-refractivity contribution in [3.63, 3.8) is 0 Å². The number of aromatic nitrogens is 2. The molecule has 0 saturated heterocycles. The van der Waals surface area contributed by atoms with Gasteiger partial charge in [-0.1, -0.05) is 32.0 Å². The second kappa shape index (κ2) is 6.71. The number of nitrogens with one attached hydrogen (secondary N) is 1. The molecular formula is C17H25N3. The van der Waals surface area contributed by atoms with E-state index in [9.17, 15) is 0 Å². The molecule has 2 rings (SSSR count). The molecule has 1 N–H and O–H groups in total. The molecule has 20 heavy (non-hydrogen) atoms. The third-order valence-electron chi connectivity index (χ3n) is 3.56. The molecule has 3 heteroatoms. The van der Waals surface area contributed by atoms with Gasteiger partial charge in [0.15, 0.2) is 0 Å². The second-order valence-corrected chi connectivity index (χ2v) is 5.32. The molecule has 0 radical (unpaired) electrons. The van der Waals surface area contributed by atoms with Crippen LogP contribution in [-0.2, 0) is 13.1 Å². The van der Waals surface area contributed by atoms with Crippen molar-refractivity contribution in [1.29, 1.82) is 0 Å². The molecule has 0 spiro atoms. The Morgan fingerprint density at radius 2 is 1.95 bits per heavy atom. The average Bonchev–Trinajstić information content (AvgIpc) is 2.78. The van der Waals surface area contributed by atoms with Crippen molar-refractivity contribution in [3.05, 3.63) is 41.2 Å². The third kappa shape index (κ3) is 3.28. The number of hydrogen-bond donors (Lipinski definition) is 1. The van der Waals surface area contributed by atoms with Gasteiger partial charge in [-0.15, -0.1) is 0 Å². The van der Waals surface area contributed by atoms with Crippen LogP contribution in [0.2, 0.25) is 0 Å². The van der Waals surface area contributed by atoms with Gasteiger partial charge < -0.3 is 5.32 Å². The first-order valence-corrected chi connectivity index (χ1v) is 7.50. The van der Waals surface area contributed by atoms with Crippen molar-refractivity contribution in [2.75, 3.05) is 6.54 Å². The van der Waals surface area contributed by atoms with Crippen molar-refractivity contribution in [3.8, 4) is 11.1 Å². The van der Waals surface area contributed by atoms with Crippen molar-refractivity contribution in [2.45, 2.75) is 47.2 Å². The lowest BCUT2D eigenvalue weighted by Crippen LogP contribution is -2.11. The van der Waals surface area contributed by atoms with E-state index in [1.165, 1.54) is 22.3 Å². The zero-order valence-corrected chi connectivity index (χ0v) is 13.0. The fourth-order valence-electron chi connectivity index (χ4n) is 2.53. The van der Waals surface area contributed by atoms with Crippen molar-refractivity contribution >= 4 is 0 Å². The summed E-state index contributed by atoms with van der Waals surface area (Å²) in [5, 5.41) is 7.96. The van der Waals surface area contributed by atoms with Crippen LogP contribution in [-0.4, -0.2) is 16.3 Å². The van der Waals surface area contributed by atoms with Crippen LogP contribution in [0.15, 0.2) is 24.4 Å². The molecule has 3 nitrogen and oxygen atoms in total. The summed E-state index contributed by atoms with van der Waals surface area (Å²) >= 11 is 0. The second-order valence-electron chi connectivity index (χ2n) is 5.32. The van der Waals surface area contributed by atoms with E-state index in [-0.39, 0.29) is 0 Å². The van der Waals surface area contributed by atoms with E-state index in [2.05, 4.69) is 67.2 Å². The minimum absolute atomic E-state index is 0.936. The maximum absolute atomic E-state index is 4.59. The Balaban J connectivity index is 2.28. The van der Waals surface area contributed by atoms with E-state index in [1.807, 2.05) is 0 Å². The average molecular weight is 271 g/mol. The smallest absolute Gasteiger partial charge is 0.0672 e. The molecule has 1 heterocycles. The van der Waals surface area contributed by atoms with Crippen molar-refractivity contribution in [2.24, 2.45) is 0 Å². The molecule has 0 saturated carbocycles. The zero-order chi connectivity index (χ0) is 14.5. The van der Waals surface area contributed by atoms with Crippen LogP contribution in [0.3, 0.4) is 0 Å². The Kier molecular flexibility index (Phi) is 4.96. The highest BCUT2D eigenvalue weighted by atomic mass is 15.3. The Morgan fingerprint density at radius 1 is 1.15 bits per heavy atom. The molecule has 0 bridgehead atoms. The van der Waals surface area contributed by atoms with Gasteiger partial charge in [-0.3, -0.25) is 4.68 Å². The Bertz CT molecular complexity index is 570. The van der Waals surface area contributed by atoms with Crippen LogP contribution in [0.25, 0.3) is 11.1 Å². The highest BCUT2D eigenvalue weighted by Crippen LogP contribution is 2.26. The van der Waals surface area contributed by atoms with E-state index in [0.29, 0.717) is 0 Å². The normalized spacial score (nSPS) is 11.0. The number of hydrogen-bond acceptors (Lipinski definition) is 2. The Hall–Kier alpha value is -1.61. The molecule has 0 unspecified atom stereocenters. The zero-order valence-electron chi connectivity index (χ0n) is 13.0. The summed E-state index contributed by atoms with van der Waals surface area (Å²) < 4.78 is 2.05. The monoisotopic (exact) mass is 271 g/mol. The molecule has 0 aliphatic carbocycles. The van der Waals surface area contributed by atoms with Crippen molar-refractivity contribution < 1.29 is 0 Å². The largest absolute Gasteiger partial charge is 0.313 e. The lowest BCUT2D eigenvalue weighted by atomic mass is 9.99. The number of aryl methyl sites for hydroxylation is 3. The molecule has 2 aromatic rings. The van der Waals surface area contributed by atoms with Crippen molar-refractivity contribution in [1.82, 2.24) is 15.1 Å². The lowest BCUT2D eigenvalue weighted by Gasteiger charge is -2.08. The first-order valence-electron chi connectivity index (χ1n) is 7.50. The predicted molar refractivity (Wildman–Crippen MR) is 84.8 cm³/mol. The maximum atomic E-state index is 4.59. The van der Waals surface area contributed by atoms with Gasteiger partial charge in [0.05, 0.1) is 5.69 Å². The SMILES string of the molecule is CCCn1cc(-c2ccc(CNCC)cc2C)c(C)n1. The fraction of sp³-hybridized carbons (Fsp3) is 0.471. The standard InChI is InChI=1S/C17H25N3/c1-5-9-20-12-17(14(4)19-20)16-8-7-15(10-13(16)3)11-18-6-2/h7-8,10,12,18H,5-6,9,11H2,1-4H3. The van der Waals surface area contributed by atoms with Gasteiger partial charge in [0.1, 0.15) is 0 Å². The maximum Gasteiger partial charge on any atom is 0.0672 e. The molecule has 1 aromatic carbocycles. The summed E-state index contributed by atoms with van der Waals surface area (Å²) in [6.45, 7) is 11.5. The molecule has 0 amide bonds. The van der Waals surface area contributed by atoms with Crippen LogP contribution in [0, 0.1) is 13.8 Å². The molecular weight excluding hydrogens is 246 g/mol. The van der Waals surface area contributed by atoms with Crippen LogP contribution < -0.4 is 5.32 Å². The first kappa shape index (κ1) is 14.8. The summed E-state index contributed by atoms with van der Waals surface area (Å²) in [5.74, 6) is 0. The van der Waals surface area contributed by atoms with Gasteiger partial charge in [0.25, 0.3) is 0 Å². The summed E-state index contributed by atoms with van der Waals surface area (Å²) in [6.07, 6.45) is 3.28. The molecule has 0 aliphatic heterocycles. The Morgan fingerprint density at radius 3 is 2.60 bits per heavy atom. The van der Waals surface area contributed by atoms with Gasteiger partial charge in [0.2, 0.25) is 0 Å². The van der Waals surface area contributed by atoms with Crippen LogP contribution in [0.4, 0.5) is 0 Å². The molecule has 1 aromatic heterocycles. The van der Waals surface area contributed by atoms with E-state index in [4.69, 9.17) is 0 Å². The Labute approximate surface area is 122 Å². The van der Waals surface area contributed by atoms with E-state index in [0.717, 1.165) is 31.7 Å². The molecule has 108 valence electrons.